The molecular weight excluding hydrogens is 235 g/mol. The third-order valence-electron chi connectivity index (χ3n) is 4.47. The summed E-state index contributed by atoms with van der Waals surface area (Å²) in [6.45, 7) is 2.32. The number of halogens is 1. The van der Waals surface area contributed by atoms with Gasteiger partial charge in [0, 0.05) is 0 Å². The second kappa shape index (κ2) is 7.47. The summed E-state index contributed by atoms with van der Waals surface area (Å²) in [5.74, 6) is 1.76. The number of allylic oxidation sites excluding steroid dienone is 1. The second-order valence-corrected chi connectivity index (χ2v) is 5.83. The van der Waals surface area contributed by atoms with E-state index in [4.69, 9.17) is 0 Å². The van der Waals surface area contributed by atoms with E-state index in [0.717, 1.165) is 23.8 Å². The predicted octanol–water partition coefficient (Wildman–Crippen LogP) is 5.84. The van der Waals surface area contributed by atoms with Crippen LogP contribution in [0.1, 0.15) is 57.4 Å². The fourth-order valence-electron chi connectivity index (χ4n) is 3.05. The lowest BCUT2D eigenvalue weighted by molar-refractivity contribution is 0.260. The average Bonchev–Trinajstić information content (AvgIpc) is 2.46. The Hall–Kier alpha value is -1.11. The van der Waals surface area contributed by atoms with E-state index < -0.39 is 0 Å². The highest BCUT2D eigenvalue weighted by Crippen LogP contribution is 2.33. The van der Waals surface area contributed by atoms with Crippen molar-refractivity contribution in [2.24, 2.45) is 11.8 Å². The highest BCUT2D eigenvalue weighted by atomic mass is 19.1. The van der Waals surface area contributed by atoms with Gasteiger partial charge >= 0.3 is 0 Å². The third kappa shape index (κ3) is 4.81. The quantitative estimate of drug-likeness (QED) is 0.624. The molecule has 2 rings (SSSR count). The maximum atomic E-state index is 12.8. The first kappa shape index (κ1) is 14.3. The van der Waals surface area contributed by atoms with Crippen LogP contribution >= 0.6 is 0 Å². The molecule has 19 heavy (non-hydrogen) atoms. The first-order valence-electron chi connectivity index (χ1n) is 7.70. The van der Waals surface area contributed by atoms with Crippen molar-refractivity contribution >= 4 is 6.08 Å². The molecule has 0 heterocycles. The Morgan fingerprint density at radius 3 is 2.32 bits per heavy atom. The minimum Gasteiger partial charge on any atom is -0.207 e. The first-order chi connectivity index (χ1) is 9.28. The molecule has 1 heteroatoms. The summed E-state index contributed by atoms with van der Waals surface area (Å²) in [6.07, 6.45) is 13.9. The van der Waals surface area contributed by atoms with E-state index in [1.54, 1.807) is 0 Å². The molecular formula is C18H25F. The van der Waals surface area contributed by atoms with Gasteiger partial charge in [-0.3, -0.25) is 0 Å². The van der Waals surface area contributed by atoms with Crippen molar-refractivity contribution in [3.8, 4) is 0 Å². The van der Waals surface area contributed by atoms with Crippen molar-refractivity contribution in [2.45, 2.75) is 51.9 Å². The number of benzene rings is 1. The van der Waals surface area contributed by atoms with Gasteiger partial charge in [0.15, 0.2) is 0 Å². The molecule has 104 valence electrons. The topological polar surface area (TPSA) is 0 Å². The van der Waals surface area contributed by atoms with E-state index in [9.17, 15) is 4.39 Å². The van der Waals surface area contributed by atoms with E-state index in [0.29, 0.717) is 0 Å². The van der Waals surface area contributed by atoms with Crippen LogP contribution in [0.4, 0.5) is 4.39 Å². The van der Waals surface area contributed by atoms with Gasteiger partial charge in [0.05, 0.1) is 0 Å². The number of rotatable bonds is 5. The maximum Gasteiger partial charge on any atom is 0.123 e. The molecule has 0 aliphatic heterocycles. The van der Waals surface area contributed by atoms with Crippen LogP contribution in [0, 0.1) is 17.7 Å². The van der Waals surface area contributed by atoms with Crippen LogP contribution in [0.25, 0.3) is 6.08 Å². The summed E-state index contributed by atoms with van der Waals surface area (Å²) in [7, 11) is 0. The predicted molar refractivity (Wildman–Crippen MR) is 80.4 cm³/mol. The van der Waals surface area contributed by atoms with Crippen molar-refractivity contribution < 1.29 is 4.39 Å². The Morgan fingerprint density at radius 1 is 1.05 bits per heavy atom. The normalized spacial score (nSPS) is 23.9. The fraction of sp³-hybridized carbons (Fsp3) is 0.556. The molecule has 0 atom stereocenters. The Bertz CT molecular complexity index is 383. The van der Waals surface area contributed by atoms with Crippen LogP contribution in [0.3, 0.4) is 0 Å². The Labute approximate surface area is 116 Å². The monoisotopic (exact) mass is 260 g/mol. The second-order valence-electron chi connectivity index (χ2n) is 5.83. The zero-order chi connectivity index (χ0) is 13.5. The molecule has 0 radical (unpaired) electrons. The summed E-state index contributed by atoms with van der Waals surface area (Å²) < 4.78 is 12.8. The van der Waals surface area contributed by atoms with Crippen molar-refractivity contribution in [3.05, 3.63) is 41.7 Å². The van der Waals surface area contributed by atoms with Crippen LogP contribution < -0.4 is 0 Å². The average molecular weight is 260 g/mol. The summed E-state index contributed by atoms with van der Waals surface area (Å²) in [5.41, 5.74) is 1.09. The lowest BCUT2D eigenvalue weighted by Crippen LogP contribution is -2.13. The molecule has 1 aromatic carbocycles. The van der Waals surface area contributed by atoms with E-state index in [-0.39, 0.29) is 5.82 Å². The Kier molecular flexibility index (Phi) is 5.62. The van der Waals surface area contributed by atoms with Crippen molar-refractivity contribution in [1.82, 2.24) is 0 Å². The van der Waals surface area contributed by atoms with Gasteiger partial charge in [-0.05, 0) is 42.4 Å². The fourth-order valence-corrected chi connectivity index (χ4v) is 3.05. The summed E-state index contributed by atoms with van der Waals surface area (Å²) in [6, 6.07) is 6.70. The van der Waals surface area contributed by atoms with Crippen molar-refractivity contribution in [1.29, 1.82) is 0 Å². The Balaban J connectivity index is 1.68. The molecule has 0 bridgehead atoms. The standard InChI is InChI=1S/C18H25F/c1-2-15-7-9-16(10-8-15)5-3-4-6-17-11-13-18(19)14-12-17/h4,6,11-16H,2-3,5,7-10H2,1H3. The minimum absolute atomic E-state index is 0.162. The SMILES string of the molecule is CCC1CCC(CCC=Cc2ccc(F)cc2)CC1. The number of hydrogen-bond donors (Lipinski definition) is 0. The molecule has 1 saturated carbocycles. The van der Waals surface area contributed by atoms with Gasteiger partial charge in [-0.2, -0.15) is 0 Å². The zero-order valence-corrected chi connectivity index (χ0v) is 11.9. The first-order valence-corrected chi connectivity index (χ1v) is 7.70. The van der Waals surface area contributed by atoms with E-state index in [1.165, 1.54) is 50.7 Å². The van der Waals surface area contributed by atoms with Crippen LogP contribution in [0.15, 0.2) is 30.3 Å². The van der Waals surface area contributed by atoms with Crippen molar-refractivity contribution in [2.75, 3.05) is 0 Å². The molecule has 0 aromatic heterocycles. The molecule has 1 aromatic rings. The molecule has 0 N–H and O–H groups in total. The largest absolute Gasteiger partial charge is 0.207 e. The highest BCUT2D eigenvalue weighted by Gasteiger charge is 2.18. The van der Waals surface area contributed by atoms with Gasteiger partial charge in [0.25, 0.3) is 0 Å². The Morgan fingerprint density at radius 2 is 1.68 bits per heavy atom. The number of hydrogen-bond acceptors (Lipinski definition) is 0. The minimum atomic E-state index is -0.162. The maximum absolute atomic E-state index is 12.8. The molecule has 0 saturated heterocycles. The van der Waals surface area contributed by atoms with E-state index in [1.807, 2.05) is 12.1 Å². The van der Waals surface area contributed by atoms with Gasteiger partial charge in [-0.1, -0.05) is 63.3 Å². The van der Waals surface area contributed by atoms with Crippen molar-refractivity contribution in [3.63, 3.8) is 0 Å². The molecule has 0 unspecified atom stereocenters. The van der Waals surface area contributed by atoms with Gasteiger partial charge in [0.1, 0.15) is 5.82 Å². The summed E-state index contributed by atoms with van der Waals surface area (Å²) in [5, 5.41) is 0. The molecule has 1 fully saturated rings. The van der Waals surface area contributed by atoms with Gasteiger partial charge in [-0.15, -0.1) is 0 Å². The van der Waals surface area contributed by atoms with E-state index in [2.05, 4.69) is 19.1 Å². The molecule has 1 aliphatic carbocycles. The summed E-state index contributed by atoms with van der Waals surface area (Å²) in [4.78, 5) is 0. The van der Waals surface area contributed by atoms with Gasteiger partial charge < -0.3 is 0 Å². The van der Waals surface area contributed by atoms with Crippen LogP contribution in [-0.2, 0) is 0 Å². The molecule has 0 amide bonds. The lowest BCUT2D eigenvalue weighted by atomic mass is 9.79. The highest BCUT2D eigenvalue weighted by molar-refractivity contribution is 5.48. The smallest absolute Gasteiger partial charge is 0.123 e. The molecule has 0 nitrogen and oxygen atoms in total. The van der Waals surface area contributed by atoms with Crippen LogP contribution in [0.5, 0.6) is 0 Å². The van der Waals surface area contributed by atoms with Gasteiger partial charge in [-0.25, -0.2) is 4.39 Å². The molecule has 0 spiro atoms. The summed E-state index contributed by atoms with van der Waals surface area (Å²) >= 11 is 0. The third-order valence-corrected chi connectivity index (χ3v) is 4.47. The lowest BCUT2D eigenvalue weighted by Gasteiger charge is -2.27. The molecule has 1 aliphatic rings. The van der Waals surface area contributed by atoms with Crippen LogP contribution in [-0.4, -0.2) is 0 Å². The zero-order valence-electron chi connectivity index (χ0n) is 11.9. The van der Waals surface area contributed by atoms with Crippen LogP contribution in [0.2, 0.25) is 0 Å². The van der Waals surface area contributed by atoms with E-state index >= 15 is 0 Å². The van der Waals surface area contributed by atoms with Gasteiger partial charge in [0.2, 0.25) is 0 Å².